The standard InChI is InChI=1S/C10H18N2O2/c1-9(11-5-4-10(13)14)8-12-6-2-3-7-12/h4-5,9,11H,2-3,6-8H2,1H3,(H,13,14)/b5-4+. The van der Waals surface area contributed by atoms with Crippen molar-refractivity contribution in [3.63, 3.8) is 0 Å². The van der Waals surface area contributed by atoms with Crippen LogP contribution in [0.1, 0.15) is 19.8 Å². The molecule has 2 N–H and O–H groups in total. The molecule has 0 spiro atoms. The Kier molecular flexibility index (Phi) is 4.46. The quantitative estimate of drug-likeness (QED) is 0.637. The largest absolute Gasteiger partial charge is 0.478 e. The molecule has 14 heavy (non-hydrogen) atoms. The summed E-state index contributed by atoms with van der Waals surface area (Å²) >= 11 is 0. The van der Waals surface area contributed by atoms with Crippen LogP contribution in [-0.4, -0.2) is 41.7 Å². The molecule has 1 saturated heterocycles. The van der Waals surface area contributed by atoms with Crippen LogP contribution in [0.15, 0.2) is 12.3 Å². The minimum absolute atomic E-state index is 0.309. The van der Waals surface area contributed by atoms with Gasteiger partial charge in [0.05, 0.1) is 0 Å². The highest BCUT2D eigenvalue weighted by Crippen LogP contribution is 2.07. The van der Waals surface area contributed by atoms with Gasteiger partial charge in [-0.05, 0) is 32.9 Å². The Bertz CT molecular complexity index is 210. The molecule has 0 amide bonds. The maximum absolute atomic E-state index is 10.2. The number of carboxylic acid groups (broad SMARTS) is 1. The molecule has 0 saturated carbocycles. The highest BCUT2D eigenvalue weighted by Gasteiger charge is 2.13. The molecule has 0 aromatic heterocycles. The third-order valence-electron chi connectivity index (χ3n) is 2.34. The lowest BCUT2D eigenvalue weighted by atomic mass is 10.3. The fourth-order valence-corrected chi connectivity index (χ4v) is 1.69. The van der Waals surface area contributed by atoms with Crippen LogP contribution in [0.4, 0.5) is 0 Å². The van der Waals surface area contributed by atoms with Crippen LogP contribution in [0.3, 0.4) is 0 Å². The third-order valence-corrected chi connectivity index (χ3v) is 2.34. The summed E-state index contributed by atoms with van der Waals surface area (Å²) in [6.45, 7) is 5.40. The average Bonchev–Trinajstić information content (AvgIpc) is 2.56. The van der Waals surface area contributed by atoms with Gasteiger partial charge in [-0.15, -0.1) is 0 Å². The average molecular weight is 198 g/mol. The number of carbonyl (C=O) groups is 1. The number of rotatable bonds is 5. The highest BCUT2D eigenvalue weighted by atomic mass is 16.4. The van der Waals surface area contributed by atoms with Crippen LogP contribution in [0.2, 0.25) is 0 Å². The first-order valence-electron chi connectivity index (χ1n) is 5.06. The van der Waals surface area contributed by atoms with Gasteiger partial charge in [0, 0.05) is 24.9 Å². The van der Waals surface area contributed by atoms with Crippen molar-refractivity contribution in [1.29, 1.82) is 0 Å². The summed E-state index contributed by atoms with van der Waals surface area (Å²) < 4.78 is 0. The van der Waals surface area contributed by atoms with E-state index in [0.29, 0.717) is 6.04 Å². The van der Waals surface area contributed by atoms with Gasteiger partial charge < -0.3 is 15.3 Å². The molecule has 4 heteroatoms. The van der Waals surface area contributed by atoms with Crippen LogP contribution in [-0.2, 0) is 4.79 Å². The molecule has 1 rings (SSSR count). The van der Waals surface area contributed by atoms with Gasteiger partial charge in [0.2, 0.25) is 0 Å². The van der Waals surface area contributed by atoms with Crippen LogP contribution >= 0.6 is 0 Å². The number of aliphatic carboxylic acids is 1. The van der Waals surface area contributed by atoms with Crippen LogP contribution in [0.5, 0.6) is 0 Å². The van der Waals surface area contributed by atoms with E-state index >= 15 is 0 Å². The Labute approximate surface area is 84.6 Å². The molecule has 0 aliphatic carbocycles. The topological polar surface area (TPSA) is 52.6 Å². The minimum Gasteiger partial charge on any atom is -0.478 e. The van der Waals surface area contributed by atoms with Crippen LogP contribution in [0.25, 0.3) is 0 Å². The SMILES string of the molecule is CC(CN1CCCC1)N/C=C/C(=O)O. The van der Waals surface area contributed by atoms with E-state index in [1.165, 1.54) is 32.1 Å². The fraction of sp³-hybridized carbons (Fsp3) is 0.700. The van der Waals surface area contributed by atoms with Gasteiger partial charge in [-0.1, -0.05) is 0 Å². The lowest BCUT2D eigenvalue weighted by Crippen LogP contribution is -2.35. The first-order chi connectivity index (χ1) is 6.68. The van der Waals surface area contributed by atoms with E-state index in [2.05, 4.69) is 17.1 Å². The number of nitrogens with one attached hydrogen (secondary N) is 1. The van der Waals surface area contributed by atoms with E-state index in [9.17, 15) is 4.79 Å². The second kappa shape index (κ2) is 5.65. The lowest BCUT2D eigenvalue weighted by Gasteiger charge is -2.20. The number of likely N-dealkylation sites (tertiary alicyclic amines) is 1. The smallest absolute Gasteiger partial charge is 0.329 e. The Morgan fingerprint density at radius 2 is 2.21 bits per heavy atom. The Morgan fingerprint density at radius 3 is 2.79 bits per heavy atom. The van der Waals surface area contributed by atoms with Crippen molar-refractivity contribution in [2.75, 3.05) is 19.6 Å². The molecule has 1 heterocycles. The predicted octanol–water partition coefficient (Wildman–Crippen LogP) is 0.659. The molecular formula is C10H18N2O2. The molecule has 0 radical (unpaired) electrons. The fourth-order valence-electron chi connectivity index (χ4n) is 1.69. The van der Waals surface area contributed by atoms with Gasteiger partial charge in [-0.2, -0.15) is 0 Å². The molecule has 1 atom stereocenters. The minimum atomic E-state index is -0.911. The summed E-state index contributed by atoms with van der Waals surface area (Å²) in [7, 11) is 0. The molecule has 0 aromatic carbocycles. The zero-order valence-electron chi connectivity index (χ0n) is 8.57. The van der Waals surface area contributed by atoms with E-state index < -0.39 is 5.97 Å². The molecule has 0 aromatic rings. The van der Waals surface area contributed by atoms with Gasteiger partial charge in [0.25, 0.3) is 0 Å². The highest BCUT2D eigenvalue weighted by molar-refractivity contribution is 5.79. The lowest BCUT2D eigenvalue weighted by molar-refractivity contribution is -0.131. The van der Waals surface area contributed by atoms with Crippen molar-refractivity contribution < 1.29 is 9.90 Å². The Morgan fingerprint density at radius 1 is 1.57 bits per heavy atom. The molecule has 80 valence electrons. The van der Waals surface area contributed by atoms with E-state index in [1.807, 2.05) is 0 Å². The number of carboxylic acids is 1. The van der Waals surface area contributed by atoms with Gasteiger partial charge in [-0.3, -0.25) is 0 Å². The third kappa shape index (κ3) is 4.28. The molecule has 1 unspecified atom stereocenters. The van der Waals surface area contributed by atoms with Crippen LogP contribution in [0, 0.1) is 0 Å². The van der Waals surface area contributed by atoms with E-state index in [1.54, 1.807) is 0 Å². The molecule has 0 bridgehead atoms. The first-order valence-corrected chi connectivity index (χ1v) is 5.06. The van der Waals surface area contributed by atoms with Crippen molar-refractivity contribution in [2.24, 2.45) is 0 Å². The number of hydrogen-bond acceptors (Lipinski definition) is 3. The monoisotopic (exact) mass is 198 g/mol. The van der Waals surface area contributed by atoms with Crippen LogP contribution < -0.4 is 5.32 Å². The van der Waals surface area contributed by atoms with Crippen molar-refractivity contribution in [1.82, 2.24) is 10.2 Å². The van der Waals surface area contributed by atoms with Gasteiger partial charge in [0.15, 0.2) is 0 Å². The summed E-state index contributed by atoms with van der Waals surface area (Å²) in [5.74, 6) is -0.911. The number of hydrogen-bond donors (Lipinski definition) is 2. The summed E-state index contributed by atoms with van der Waals surface area (Å²) in [5.41, 5.74) is 0. The summed E-state index contributed by atoms with van der Waals surface area (Å²) in [6.07, 6.45) is 5.21. The van der Waals surface area contributed by atoms with Crippen molar-refractivity contribution in [3.8, 4) is 0 Å². The zero-order chi connectivity index (χ0) is 10.4. The van der Waals surface area contributed by atoms with Gasteiger partial charge in [-0.25, -0.2) is 4.79 Å². The van der Waals surface area contributed by atoms with Crippen molar-refractivity contribution >= 4 is 5.97 Å². The summed E-state index contributed by atoms with van der Waals surface area (Å²) in [5, 5.41) is 11.4. The second-order valence-corrected chi connectivity index (χ2v) is 3.75. The normalized spacial score (nSPS) is 20.1. The van der Waals surface area contributed by atoms with Crippen molar-refractivity contribution in [3.05, 3.63) is 12.3 Å². The second-order valence-electron chi connectivity index (χ2n) is 3.75. The van der Waals surface area contributed by atoms with Crippen molar-refractivity contribution in [2.45, 2.75) is 25.8 Å². The maximum Gasteiger partial charge on any atom is 0.329 e. The van der Waals surface area contributed by atoms with E-state index in [4.69, 9.17) is 5.11 Å². The Hall–Kier alpha value is -1.03. The Balaban J connectivity index is 2.14. The molecule has 4 nitrogen and oxygen atoms in total. The predicted molar refractivity (Wildman–Crippen MR) is 55.0 cm³/mol. The molecule has 1 fully saturated rings. The first kappa shape index (κ1) is 11.0. The van der Waals surface area contributed by atoms with Gasteiger partial charge >= 0.3 is 5.97 Å². The van der Waals surface area contributed by atoms with E-state index in [-0.39, 0.29) is 0 Å². The van der Waals surface area contributed by atoms with E-state index in [0.717, 1.165) is 12.6 Å². The summed E-state index contributed by atoms with van der Waals surface area (Å²) in [4.78, 5) is 12.6. The molecular weight excluding hydrogens is 180 g/mol. The summed E-state index contributed by atoms with van der Waals surface area (Å²) in [6, 6.07) is 0.309. The van der Waals surface area contributed by atoms with Gasteiger partial charge in [0.1, 0.15) is 0 Å². The molecule has 1 aliphatic heterocycles. The maximum atomic E-state index is 10.2. The molecule has 1 aliphatic rings. The zero-order valence-corrected chi connectivity index (χ0v) is 8.57. The number of nitrogens with zero attached hydrogens (tertiary/aromatic N) is 1.